The van der Waals surface area contributed by atoms with Crippen LogP contribution in [0.2, 0.25) is 0 Å². The van der Waals surface area contributed by atoms with E-state index in [2.05, 4.69) is 15.3 Å². The number of carbonyl (C=O) groups is 1. The average Bonchev–Trinajstić information content (AvgIpc) is 3.23. The molecular formula is C24H16N4O3S. The molecule has 0 saturated heterocycles. The zero-order chi connectivity index (χ0) is 21.5. The Morgan fingerprint density at radius 2 is 1.78 bits per heavy atom. The minimum Gasteiger partial charge on any atom is -0.486 e. The Balaban J connectivity index is 1.39. The number of amides is 1. The third kappa shape index (κ3) is 3.30. The number of hydrogen-bond donors (Lipinski definition) is 1. The monoisotopic (exact) mass is 440 g/mol. The van der Waals surface area contributed by atoms with Gasteiger partial charge in [-0.2, -0.15) is 0 Å². The molecule has 8 heteroatoms. The number of para-hydroxylation sites is 1. The number of anilines is 1. The highest BCUT2D eigenvalue weighted by atomic mass is 32.1. The number of fused-ring (bicyclic) bond motifs is 3. The van der Waals surface area contributed by atoms with Crippen LogP contribution in [0.15, 0.2) is 67.0 Å². The van der Waals surface area contributed by atoms with Gasteiger partial charge in [-0.1, -0.05) is 29.5 Å². The summed E-state index contributed by atoms with van der Waals surface area (Å²) < 4.78 is 12.2. The van der Waals surface area contributed by atoms with E-state index in [1.54, 1.807) is 18.5 Å². The molecule has 0 spiro atoms. The van der Waals surface area contributed by atoms with Gasteiger partial charge in [0.25, 0.3) is 5.91 Å². The van der Waals surface area contributed by atoms with E-state index < -0.39 is 0 Å². The van der Waals surface area contributed by atoms with Gasteiger partial charge in [0, 0.05) is 35.5 Å². The fourth-order valence-electron chi connectivity index (χ4n) is 3.71. The Labute approximate surface area is 186 Å². The molecule has 1 amide bonds. The molecule has 0 bridgehead atoms. The molecule has 6 rings (SSSR count). The van der Waals surface area contributed by atoms with Crippen molar-refractivity contribution >= 4 is 43.5 Å². The molecule has 1 aliphatic rings. The summed E-state index contributed by atoms with van der Waals surface area (Å²) >= 11 is 1.39. The third-order valence-electron chi connectivity index (χ3n) is 5.19. The van der Waals surface area contributed by atoms with Crippen molar-refractivity contribution in [3.8, 4) is 22.8 Å². The maximum absolute atomic E-state index is 13.3. The largest absolute Gasteiger partial charge is 0.486 e. The Morgan fingerprint density at radius 3 is 2.62 bits per heavy atom. The van der Waals surface area contributed by atoms with Gasteiger partial charge in [-0.15, -0.1) is 0 Å². The Kier molecular flexibility index (Phi) is 4.43. The van der Waals surface area contributed by atoms with Crippen molar-refractivity contribution in [3.63, 3.8) is 0 Å². The van der Waals surface area contributed by atoms with Gasteiger partial charge in [0.15, 0.2) is 16.6 Å². The summed E-state index contributed by atoms with van der Waals surface area (Å²) in [5.74, 6) is 1.13. The molecule has 2 aromatic carbocycles. The van der Waals surface area contributed by atoms with Crippen molar-refractivity contribution < 1.29 is 14.3 Å². The molecule has 3 aromatic heterocycles. The van der Waals surface area contributed by atoms with Gasteiger partial charge in [-0.3, -0.25) is 15.1 Å². The van der Waals surface area contributed by atoms with Crippen molar-refractivity contribution in [2.45, 2.75) is 0 Å². The highest BCUT2D eigenvalue weighted by molar-refractivity contribution is 7.22. The van der Waals surface area contributed by atoms with Crippen LogP contribution in [0.4, 0.5) is 5.13 Å². The fraction of sp³-hybridized carbons (Fsp3) is 0.0833. The maximum atomic E-state index is 13.3. The minimum atomic E-state index is -0.245. The van der Waals surface area contributed by atoms with E-state index in [9.17, 15) is 4.79 Å². The van der Waals surface area contributed by atoms with E-state index >= 15 is 0 Å². The van der Waals surface area contributed by atoms with E-state index in [4.69, 9.17) is 14.5 Å². The quantitative estimate of drug-likeness (QED) is 0.428. The summed E-state index contributed by atoms with van der Waals surface area (Å²) in [5, 5.41) is 4.24. The van der Waals surface area contributed by atoms with E-state index in [1.807, 2.05) is 48.5 Å². The molecule has 0 unspecified atom stereocenters. The molecule has 5 aromatic rings. The van der Waals surface area contributed by atoms with Gasteiger partial charge in [-0.25, -0.2) is 9.97 Å². The molecule has 4 heterocycles. The highest BCUT2D eigenvalue weighted by Gasteiger charge is 2.18. The van der Waals surface area contributed by atoms with Crippen LogP contribution in [0.25, 0.3) is 32.4 Å². The number of pyridine rings is 2. The van der Waals surface area contributed by atoms with Crippen LogP contribution in [0.5, 0.6) is 11.5 Å². The van der Waals surface area contributed by atoms with Gasteiger partial charge in [0.05, 0.1) is 27.0 Å². The molecule has 0 aliphatic carbocycles. The predicted molar refractivity (Wildman–Crippen MR) is 124 cm³/mol. The second kappa shape index (κ2) is 7.58. The second-order valence-corrected chi connectivity index (χ2v) is 8.28. The van der Waals surface area contributed by atoms with Gasteiger partial charge in [0.1, 0.15) is 13.2 Å². The Morgan fingerprint density at radius 1 is 0.938 bits per heavy atom. The number of hydrogen-bond acceptors (Lipinski definition) is 7. The smallest absolute Gasteiger partial charge is 0.258 e. The summed E-state index contributed by atoms with van der Waals surface area (Å²) in [4.78, 5) is 26.8. The molecule has 32 heavy (non-hydrogen) atoms. The van der Waals surface area contributed by atoms with Crippen molar-refractivity contribution in [3.05, 3.63) is 72.6 Å². The van der Waals surface area contributed by atoms with Gasteiger partial charge >= 0.3 is 0 Å². The number of carbonyl (C=O) groups excluding carboxylic acids is 1. The summed E-state index contributed by atoms with van der Waals surface area (Å²) in [6.45, 7) is 1.04. The van der Waals surface area contributed by atoms with Gasteiger partial charge in [-0.05, 0) is 24.3 Å². The Bertz CT molecular complexity index is 1440. The molecule has 0 fully saturated rings. The van der Waals surface area contributed by atoms with Crippen molar-refractivity contribution in [2.24, 2.45) is 0 Å². The van der Waals surface area contributed by atoms with Crippen LogP contribution >= 0.6 is 11.3 Å². The first-order chi connectivity index (χ1) is 15.7. The molecule has 1 N–H and O–H groups in total. The van der Waals surface area contributed by atoms with Crippen LogP contribution < -0.4 is 14.8 Å². The maximum Gasteiger partial charge on any atom is 0.258 e. The number of nitrogens with one attached hydrogen (secondary N) is 1. The normalized spacial score (nSPS) is 12.8. The molecule has 156 valence electrons. The minimum absolute atomic E-state index is 0.245. The zero-order valence-corrected chi connectivity index (χ0v) is 17.6. The second-order valence-electron chi connectivity index (χ2n) is 7.25. The van der Waals surface area contributed by atoms with Crippen LogP contribution in [0, 0.1) is 0 Å². The molecular weight excluding hydrogens is 424 g/mol. The van der Waals surface area contributed by atoms with Crippen LogP contribution in [0.1, 0.15) is 10.4 Å². The molecule has 0 radical (unpaired) electrons. The van der Waals surface area contributed by atoms with Crippen LogP contribution in [-0.2, 0) is 0 Å². The Hall–Kier alpha value is -4.04. The standard InChI is InChI=1S/C24H16N4O3S/c29-23(28-24-27-19-11-20-21(12-22(19)32-24)31-9-8-30-20)16-10-18(14-4-3-7-25-13-14)26-17-6-2-1-5-15(16)17/h1-7,10-13H,8-9H2,(H,27,28,29). The number of aromatic nitrogens is 3. The van der Waals surface area contributed by atoms with E-state index in [1.165, 1.54) is 11.3 Å². The lowest BCUT2D eigenvalue weighted by atomic mass is 10.0. The van der Waals surface area contributed by atoms with Crippen LogP contribution in [0.3, 0.4) is 0 Å². The van der Waals surface area contributed by atoms with Crippen molar-refractivity contribution in [2.75, 3.05) is 18.5 Å². The summed E-state index contributed by atoms with van der Waals surface area (Å²) in [6.07, 6.45) is 3.44. The summed E-state index contributed by atoms with van der Waals surface area (Å²) in [6, 6.07) is 16.9. The first-order valence-electron chi connectivity index (χ1n) is 10.1. The van der Waals surface area contributed by atoms with E-state index in [0.29, 0.717) is 41.1 Å². The predicted octanol–water partition coefficient (Wildman–Crippen LogP) is 4.93. The molecule has 7 nitrogen and oxygen atoms in total. The first kappa shape index (κ1) is 18.7. The molecule has 1 aliphatic heterocycles. The van der Waals surface area contributed by atoms with Crippen molar-refractivity contribution in [1.82, 2.24) is 15.0 Å². The number of thiazole rings is 1. The van der Waals surface area contributed by atoms with Crippen molar-refractivity contribution in [1.29, 1.82) is 0 Å². The lowest BCUT2D eigenvalue weighted by Crippen LogP contribution is -2.15. The first-order valence-corrected chi connectivity index (χ1v) is 10.9. The molecule has 0 atom stereocenters. The molecule has 0 saturated carbocycles. The highest BCUT2D eigenvalue weighted by Crippen LogP contribution is 2.38. The van der Waals surface area contributed by atoms with Crippen LogP contribution in [-0.4, -0.2) is 34.1 Å². The lowest BCUT2D eigenvalue weighted by molar-refractivity contribution is 0.102. The number of nitrogens with zero attached hydrogens (tertiary/aromatic N) is 3. The summed E-state index contributed by atoms with van der Waals surface area (Å²) in [5.41, 5.74) is 3.56. The van der Waals surface area contributed by atoms with Gasteiger partial charge in [0.2, 0.25) is 0 Å². The SMILES string of the molecule is O=C(Nc1nc2cc3c(cc2s1)OCCO3)c1cc(-c2cccnc2)nc2ccccc12. The topological polar surface area (TPSA) is 86.2 Å². The van der Waals surface area contributed by atoms with E-state index in [0.717, 1.165) is 26.7 Å². The van der Waals surface area contributed by atoms with Gasteiger partial charge < -0.3 is 9.47 Å². The third-order valence-corrected chi connectivity index (χ3v) is 6.12. The lowest BCUT2D eigenvalue weighted by Gasteiger charge is -2.17. The summed E-state index contributed by atoms with van der Waals surface area (Å²) in [7, 11) is 0. The fourth-order valence-corrected chi connectivity index (χ4v) is 4.58. The average molecular weight is 440 g/mol. The zero-order valence-electron chi connectivity index (χ0n) is 16.7. The number of benzene rings is 2. The van der Waals surface area contributed by atoms with E-state index in [-0.39, 0.29) is 5.91 Å². The number of ether oxygens (including phenoxy) is 2. The number of rotatable bonds is 3.